The summed E-state index contributed by atoms with van der Waals surface area (Å²) in [5.41, 5.74) is 0.940. The number of rotatable bonds is 0. The Labute approximate surface area is 140 Å². The number of benzene rings is 1. The van der Waals surface area contributed by atoms with Crippen LogP contribution in [0.3, 0.4) is 0 Å². The minimum atomic E-state index is -0.300. The van der Waals surface area contributed by atoms with Gasteiger partial charge in [0.25, 0.3) is 11.8 Å². The Morgan fingerprint density at radius 1 is 0.923 bits per heavy atom. The largest absolute Gasteiger partial charge is 0.288 e. The van der Waals surface area contributed by atoms with Gasteiger partial charge in [-0.2, -0.15) is 0 Å². The normalized spacial score (nSPS) is 12.3. The molecule has 0 saturated heterocycles. The number of nitrogens with one attached hydrogen (secondary N) is 1. The number of hydrogen-bond acceptors (Lipinski definition) is 2. The van der Waals surface area contributed by atoms with Crippen molar-refractivity contribution in [3.05, 3.63) is 35.4 Å². The summed E-state index contributed by atoms with van der Waals surface area (Å²) in [6.07, 6.45) is 0. The van der Waals surface area contributed by atoms with Gasteiger partial charge in [-0.15, -0.1) is 0 Å². The first-order chi connectivity index (χ1) is 5.29. The first-order valence-electron chi connectivity index (χ1n) is 3.24. The molecule has 3 nitrogen and oxygen atoms in total. The predicted molar refractivity (Wildman–Crippen MR) is 49.7 cm³/mol. The fourth-order valence-electron chi connectivity index (χ4n) is 1.12. The van der Waals surface area contributed by atoms with Crippen molar-refractivity contribution in [2.24, 2.45) is 0 Å². The van der Waals surface area contributed by atoms with Crippen LogP contribution in [0.15, 0.2) is 24.3 Å². The van der Waals surface area contributed by atoms with Gasteiger partial charge in [-0.3, -0.25) is 14.9 Å². The fraction of sp³-hybridized carbons (Fsp3) is 0. The van der Waals surface area contributed by atoms with E-state index >= 15 is 0 Å². The maximum Gasteiger partial charge on any atom is 0.258 e. The maximum absolute atomic E-state index is 10.9. The zero-order chi connectivity index (χ0) is 7.84. The van der Waals surface area contributed by atoms with E-state index in [0.29, 0.717) is 11.1 Å². The molecule has 0 saturated carbocycles. The maximum atomic E-state index is 10.9. The van der Waals surface area contributed by atoms with Crippen LogP contribution in [0.25, 0.3) is 0 Å². The van der Waals surface area contributed by atoms with E-state index in [9.17, 15) is 9.59 Å². The van der Waals surface area contributed by atoms with E-state index in [1.807, 2.05) is 0 Å². The van der Waals surface area contributed by atoms with Gasteiger partial charge in [-0.1, -0.05) is 12.1 Å². The molecule has 0 aromatic heterocycles. The molecule has 13 heavy (non-hydrogen) atoms. The molecule has 0 atom stereocenters. The average Bonchev–Trinajstić information content (AvgIpc) is 2.30. The van der Waals surface area contributed by atoms with Crippen LogP contribution >= 0.6 is 0 Å². The van der Waals surface area contributed by atoms with Crippen molar-refractivity contribution < 1.29 is 9.59 Å². The van der Waals surface area contributed by atoms with E-state index in [1.54, 1.807) is 24.3 Å². The van der Waals surface area contributed by atoms with Crippen LogP contribution in [0.1, 0.15) is 20.7 Å². The predicted octanol–water partition coefficient (Wildman–Crippen LogP) is -0.191. The second-order valence-electron chi connectivity index (χ2n) is 2.33. The molecule has 1 aromatic rings. The number of carbonyl (C=O) groups is 2. The van der Waals surface area contributed by atoms with E-state index in [2.05, 4.69) is 5.32 Å². The molecule has 0 unspecified atom stereocenters. The second kappa shape index (κ2) is 5.77. The van der Waals surface area contributed by atoms with Crippen molar-refractivity contribution in [3.63, 3.8) is 0 Å². The molecule has 2 radical (unpaired) electrons. The molecule has 1 N–H and O–H groups in total. The first kappa shape index (κ1) is 14.0. The number of carbonyl (C=O) groups excluding carboxylic acids is 2. The molecule has 1 aliphatic heterocycles. The first-order valence-corrected chi connectivity index (χ1v) is 3.24. The zero-order valence-corrected chi connectivity index (χ0v) is 12.7. The van der Waals surface area contributed by atoms with Crippen LogP contribution in [0.2, 0.25) is 0 Å². The summed E-state index contributed by atoms with van der Waals surface area (Å²) in [6.45, 7) is 0. The Bertz CT molecular complexity index is 321. The summed E-state index contributed by atoms with van der Waals surface area (Å²) in [7, 11) is 0. The van der Waals surface area contributed by atoms with Gasteiger partial charge in [0.2, 0.25) is 0 Å². The summed E-state index contributed by atoms with van der Waals surface area (Å²) in [4.78, 5) is 21.9. The Morgan fingerprint density at radius 3 is 1.69 bits per heavy atom. The summed E-state index contributed by atoms with van der Waals surface area (Å²) < 4.78 is 0. The van der Waals surface area contributed by atoms with E-state index < -0.39 is 0 Å². The van der Waals surface area contributed by atoms with E-state index in [4.69, 9.17) is 0 Å². The summed E-state index contributed by atoms with van der Waals surface area (Å²) in [5.74, 6) is -0.601. The Balaban J connectivity index is 0.000000720. The van der Waals surface area contributed by atoms with Crippen LogP contribution in [0.4, 0.5) is 0 Å². The molecule has 0 aliphatic carbocycles. The van der Waals surface area contributed by atoms with Crippen molar-refractivity contribution >= 4 is 92.8 Å². The average molecular weight is 209 g/mol. The van der Waals surface area contributed by atoms with Crippen LogP contribution in [-0.2, 0) is 0 Å². The molecule has 1 heterocycles. The third-order valence-electron chi connectivity index (χ3n) is 1.64. The number of imide groups is 1. The molecule has 0 fully saturated rings. The van der Waals surface area contributed by atoms with Gasteiger partial charge in [0.05, 0.1) is 11.1 Å². The summed E-state index contributed by atoms with van der Waals surface area (Å²) in [6, 6.07) is 6.74. The topological polar surface area (TPSA) is 46.2 Å². The number of hydrogen-bond donors (Lipinski definition) is 1. The van der Waals surface area contributed by atoms with Crippen LogP contribution in [-0.4, -0.2) is 92.8 Å². The van der Waals surface area contributed by atoms with Crippen LogP contribution < -0.4 is 5.32 Å². The Morgan fingerprint density at radius 2 is 1.31 bits per heavy atom. The van der Waals surface area contributed by atoms with Crippen molar-refractivity contribution in [3.8, 4) is 0 Å². The molecule has 2 amide bonds. The third-order valence-corrected chi connectivity index (χ3v) is 1.64. The number of amides is 2. The standard InChI is InChI=1S/C8H5NO2.K.Na/c10-7-5-3-1-2-4-6(5)8(11)9-7;;/h1-4H,(H,9,10,11);;. The van der Waals surface area contributed by atoms with Crippen molar-refractivity contribution in [1.29, 1.82) is 0 Å². The van der Waals surface area contributed by atoms with Gasteiger partial charge in [0, 0.05) is 80.9 Å². The molecule has 0 bridgehead atoms. The van der Waals surface area contributed by atoms with Gasteiger partial charge in [-0.05, 0) is 12.1 Å². The van der Waals surface area contributed by atoms with E-state index in [-0.39, 0.29) is 92.8 Å². The molecular formula is C8H5KNNaO2. The van der Waals surface area contributed by atoms with Gasteiger partial charge in [0.15, 0.2) is 0 Å². The molecule has 1 aliphatic rings. The van der Waals surface area contributed by atoms with Crippen molar-refractivity contribution in [2.75, 3.05) is 0 Å². The summed E-state index contributed by atoms with van der Waals surface area (Å²) >= 11 is 0. The Hall–Kier alpha value is 0.996. The van der Waals surface area contributed by atoms with Crippen LogP contribution in [0, 0.1) is 0 Å². The summed E-state index contributed by atoms with van der Waals surface area (Å²) in [5, 5.41) is 2.20. The molecule has 0 spiro atoms. The molecular weight excluding hydrogens is 204 g/mol. The monoisotopic (exact) mass is 209 g/mol. The third kappa shape index (κ3) is 2.73. The van der Waals surface area contributed by atoms with Crippen molar-refractivity contribution in [1.82, 2.24) is 5.32 Å². The smallest absolute Gasteiger partial charge is 0.258 e. The zero-order valence-electron chi connectivity index (χ0n) is 7.63. The molecule has 5 heteroatoms. The molecule has 56 valence electrons. The van der Waals surface area contributed by atoms with Gasteiger partial charge in [0.1, 0.15) is 0 Å². The van der Waals surface area contributed by atoms with Crippen molar-refractivity contribution in [2.45, 2.75) is 0 Å². The SMILES string of the molecule is O=C1NC(=O)c2ccccc21.[K].[Na]. The second-order valence-corrected chi connectivity index (χ2v) is 2.33. The van der Waals surface area contributed by atoms with Gasteiger partial charge >= 0.3 is 0 Å². The van der Waals surface area contributed by atoms with E-state index in [1.165, 1.54) is 0 Å². The number of fused-ring (bicyclic) bond motifs is 1. The van der Waals surface area contributed by atoms with E-state index in [0.717, 1.165) is 0 Å². The minimum absolute atomic E-state index is 0. The Kier molecular flexibility index (Phi) is 6.22. The quantitative estimate of drug-likeness (QED) is 0.475. The minimum Gasteiger partial charge on any atom is -0.288 e. The van der Waals surface area contributed by atoms with Gasteiger partial charge < -0.3 is 0 Å². The molecule has 2 rings (SSSR count). The van der Waals surface area contributed by atoms with Gasteiger partial charge in [-0.25, -0.2) is 0 Å². The molecule has 1 aromatic carbocycles. The van der Waals surface area contributed by atoms with Crippen LogP contribution in [0.5, 0.6) is 0 Å². The fourth-order valence-corrected chi connectivity index (χ4v) is 1.12.